The molecular formula is C14H23NO. The van der Waals surface area contributed by atoms with Crippen molar-refractivity contribution in [2.45, 2.75) is 40.2 Å². The van der Waals surface area contributed by atoms with Crippen LogP contribution < -0.4 is 10.1 Å². The van der Waals surface area contributed by atoms with E-state index in [-0.39, 0.29) is 0 Å². The summed E-state index contributed by atoms with van der Waals surface area (Å²) >= 11 is 0. The van der Waals surface area contributed by atoms with Crippen molar-refractivity contribution >= 4 is 0 Å². The van der Waals surface area contributed by atoms with Crippen molar-refractivity contribution < 1.29 is 4.74 Å². The van der Waals surface area contributed by atoms with Crippen LogP contribution in [0.25, 0.3) is 0 Å². The lowest BCUT2D eigenvalue weighted by molar-refractivity contribution is 0.264. The molecule has 0 fully saturated rings. The molecule has 0 aromatic heterocycles. The van der Waals surface area contributed by atoms with Crippen LogP contribution in [0.1, 0.15) is 30.0 Å². The lowest BCUT2D eigenvalue weighted by Gasteiger charge is -2.18. The van der Waals surface area contributed by atoms with Gasteiger partial charge in [0.2, 0.25) is 0 Å². The van der Waals surface area contributed by atoms with Crippen LogP contribution in [0.4, 0.5) is 0 Å². The first-order valence-corrected chi connectivity index (χ1v) is 5.97. The third-order valence-electron chi connectivity index (χ3n) is 3.20. The fourth-order valence-electron chi connectivity index (χ4n) is 1.74. The Balaban J connectivity index is 2.77. The minimum absolute atomic E-state index is 0.430. The van der Waals surface area contributed by atoms with Crippen LogP contribution in [0.5, 0.6) is 5.75 Å². The largest absolute Gasteiger partial charge is 0.491 e. The topological polar surface area (TPSA) is 21.3 Å². The number of ether oxygens (including phenoxy) is 1. The average Bonchev–Trinajstić information content (AvgIpc) is 2.29. The Morgan fingerprint density at radius 2 is 1.81 bits per heavy atom. The number of aryl methyl sites for hydroxylation is 2. The first kappa shape index (κ1) is 13.0. The molecule has 1 atom stereocenters. The molecule has 0 heterocycles. The molecule has 90 valence electrons. The third kappa shape index (κ3) is 2.99. The zero-order valence-electron chi connectivity index (χ0n) is 11.1. The maximum absolute atomic E-state index is 5.93. The number of hydrogen-bond donors (Lipinski definition) is 1. The SMILES string of the molecule is CCC(COc1c(C)ccc(C)c1C)NC. The summed E-state index contributed by atoms with van der Waals surface area (Å²) in [6.07, 6.45) is 1.08. The average molecular weight is 221 g/mol. The molecule has 0 radical (unpaired) electrons. The van der Waals surface area contributed by atoms with E-state index in [1.165, 1.54) is 16.7 Å². The summed E-state index contributed by atoms with van der Waals surface area (Å²) < 4.78 is 5.93. The molecule has 1 rings (SSSR count). The van der Waals surface area contributed by atoms with Crippen molar-refractivity contribution in [1.29, 1.82) is 0 Å². The molecule has 1 N–H and O–H groups in total. The van der Waals surface area contributed by atoms with Crippen molar-refractivity contribution in [3.05, 3.63) is 28.8 Å². The molecule has 16 heavy (non-hydrogen) atoms. The van der Waals surface area contributed by atoms with E-state index in [0.29, 0.717) is 6.04 Å². The summed E-state index contributed by atoms with van der Waals surface area (Å²) in [5, 5.41) is 3.25. The quantitative estimate of drug-likeness (QED) is 0.825. The van der Waals surface area contributed by atoms with E-state index in [0.717, 1.165) is 18.8 Å². The molecule has 1 aromatic rings. The van der Waals surface area contributed by atoms with Crippen LogP contribution in [0, 0.1) is 20.8 Å². The van der Waals surface area contributed by atoms with Gasteiger partial charge in [0, 0.05) is 6.04 Å². The van der Waals surface area contributed by atoms with Gasteiger partial charge in [0.05, 0.1) is 0 Å². The van der Waals surface area contributed by atoms with Crippen molar-refractivity contribution in [3.8, 4) is 5.75 Å². The fourth-order valence-corrected chi connectivity index (χ4v) is 1.74. The van der Waals surface area contributed by atoms with Gasteiger partial charge in [0.25, 0.3) is 0 Å². The van der Waals surface area contributed by atoms with Crippen LogP contribution in [-0.4, -0.2) is 19.7 Å². The monoisotopic (exact) mass is 221 g/mol. The zero-order chi connectivity index (χ0) is 12.1. The predicted molar refractivity (Wildman–Crippen MR) is 69.3 cm³/mol. The summed E-state index contributed by atoms with van der Waals surface area (Å²) in [6, 6.07) is 4.70. The minimum atomic E-state index is 0.430. The van der Waals surface area contributed by atoms with Crippen LogP contribution in [0.3, 0.4) is 0 Å². The molecule has 0 aliphatic carbocycles. The van der Waals surface area contributed by atoms with Gasteiger partial charge < -0.3 is 10.1 Å². The van der Waals surface area contributed by atoms with Crippen LogP contribution in [0.2, 0.25) is 0 Å². The molecule has 0 aliphatic rings. The van der Waals surface area contributed by atoms with E-state index in [4.69, 9.17) is 4.74 Å². The minimum Gasteiger partial charge on any atom is -0.491 e. The fraction of sp³-hybridized carbons (Fsp3) is 0.571. The molecule has 2 heteroatoms. The number of likely N-dealkylation sites (N-methyl/N-ethyl adjacent to an activating group) is 1. The van der Waals surface area contributed by atoms with E-state index in [1.807, 2.05) is 7.05 Å². The first-order valence-electron chi connectivity index (χ1n) is 5.97. The molecule has 1 aromatic carbocycles. The molecule has 1 unspecified atom stereocenters. The maximum atomic E-state index is 5.93. The molecule has 0 bridgehead atoms. The summed E-state index contributed by atoms with van der Waals surface area (Å²) in [5.74, 6) is 1.05. The summed E-state index contributed by atoms with van der Waals surface area (Å²) in [4.78, 5) is 0. The lowest BCUT2D eigenvalue weighted by atomic mass is 10.1. The Hall–Kier alpha value is -1.02. The Morgan fingerprint density at radius 3 is 2.38 bits per heavy atom. The van der Waals surface area contributed by atoms with Gasteiger partial charge in [-0.25, -0.2) is 0 Å². The Morgan fingerprint density at radius 1 is 1.19 bits per heavy atom. The third-order valence-corrected chi connectivity index (χ3v) is 3.20. The van der Waals surface area contributed by atoms with E-state index < -0.39 is 0 Å². The van der Waals surface area contributed by atoms with Gasteiger partial charge in [-0.3, -0.25) is 0 Å². The molecular weight excluding hydrogens is 198 g/mol. The maximum Gasteiger partial charge on any atom is 0.125 e. The van der Waals surface area contributed by atoms with E-state index >= 15 is 0 Å². The molecule has 0 saturated carbocycles. The number of nitrogens with one attached hydrogen (secondary N) is 1. The smallest absolute Gasteiger partial charge is 0.125 e. The lowest BCUT2D eigenvalue weighted by Crippen LogP contribution is -2.31. The van der Waals surface area contributed by atoms with E-state index in [9.17, 15) is 0 Å². The normalized spacial score (nSPS) is 12.6. The Kier molecular flexibility index (Phi) is 4.81. The van der Waals surface area contributed by atoms with Crippen LogP contribution in [0.15, 0.2) is 12.1 Å². The van der Waals surface area contributed by atoms with Gasteiger partial charge in [0.1, 0.15) is 12.4 Å². The van der Waals surface area contributed by atoms with Gasteiger partial charge in [-0.1, -0.05) is 19.1 Å². The van der Waals surface area contributed by atoms with E-state index in [1.54, 1.807) is 0 Å². The van der Waals surface area contributed by atoms with Crippen molar-refractivity contribution in [2.24, 2.45) is 0 Å². The Bertz CT molecular complexity index is 343. The second-order valence-electron chi connectivity index (χ2n) is 4.36. The van der Waals surface area contributed by atoms with E-state index in [2.05, 4.69) is 45.1 Å². The van der Waals surface area contributed by atoms with Crippen molar-refractivity contribution in [2.75, 3.05) is 13.7 Å². The van der Waals surface area contributed by atoms with Crippen LogP contribution >= 0.6 is 0 Å². The Labute approximate surface area is 99.0 Å². The highest BCUT2D eigenvalue weighted by atomic mass is 16.5. The standard InChI is InChI=1S/C14H23NO/c1-6-13(15-5)9-16-14-11(3)8-7-10(2)12(14)4/h7-8,13,15H,6,9H2,1-5H3. The molecule has 0 saturated heterocycles. The van der Waals surface area contributed by atoms with Crippen molar-refractivity contribution in [1.82, 2.24) is 5.32 Å². The highest BCUT2D eigenvalue weighted by Gasteiger charge is 2.09. The molecule has 0 spiro atoms. The van der Waals surface area contributed by atoms with Gasteiger partial charge in [-0.2, -0.15) is 0 Å². The second-order valence-corrected chi connectivity index (χ2v) is 4.36. The first-order chi connectivity index (χ1) is 7.60. The number of hydrogen-bond acceptors (Lipinski definition) is 2. The zero-order valence-corrected chi connectivity index (χ0v) is 11.1. The molecule has 0 amide bonds. The summed E-state index contributed by atoms with van der Waals surface area (Å²) in [6.45, 7) is 9.25. The van der Waals surface area contributed by atoms with Gasteiger partial charge >= 0.3 is 0 Å². The number of benzene rings is 1. The predicted octanol–water partition coefficient (Wildman–Crippen LogP) is 2.99. The molecule has 2 nitrogen and oxygen atoms in total. The summed E-state index contributed by atoms with van der Waals surface area (Å²) in [7, 11) is 1.98. The highest BCUT2D eigenvalue weighted by Crippen LogP contribution is 2.25. The second kappa shape index (κ2) is 5.90. The molecule has 0 aliphatic heterocycles. The summed E-state index contributed by atoms with van der Waals surface area (Å²) in [5.41, 5.74) is 3.76. The highest BCUT2D eigenvalue weighted by molar-refractivity contribution is 5.44. The van der Waals surface area contributed by atoms with Crippen molar-refractivity contribution in [3.63, 3.8) is 0 Å². The van der Waals surface area contributed by atoms with Gasteiger partial charge in [-0.05, 0) is 50.9 Å². The van der Waals surface area contributed by atoms with Gasteiger partial charge in [-0.15, -0.1) is 0 Å². The van der Waals surface area contributed by atoms with Crippen LogP contribution in [-0.2, 0) is 0 Å². The number of rotatable bonds is 5. The van der Waals surface area contributed by atoms with Gasteiger partial charge in [0.15, 0.2) is 0 Å².